The fourth-order valence-corrected chi connectivity index (χ4v) is 3.19. The molecule has 0 bridgehead atoms. The van der Waals surface area contributed by atoms with Gasteiger partial charge in [-0.05, 0) is 20.8 Å². The van der Waals surface area contributed by atoms with E-state index in [0.29, 0.717) is 5.16 Å². The van der Waals surface area contributed by atoms with Gasteiger partial charge < -0.3 is 10.3 Å². The van der Waals surface area contributed by atoms with Gasteiger partial charge >= 0.3 is 5.69 Å². The first-order valence-electron chi connectivity index (χ1n) is 7.32. The SMILES string of the molecule is CC(Sc1nncn1C(C)C)C(=O)c1c(N)n(C)c(=O)n(C)c1=O. The highest BCUT2D eigenvalue weighted by molar-refractivity contribution is 8.00. The Labute approximate surface area is 142 Å². The van der Waals surface area contributed by atoms with E-state index in [1.54, 1.807) is 13.3 Å². The van der Waals surface area contributed by atoms with Crippen LogP contribution < -0.4 is 17.0 Å². The minimum absolute atomic E-state index is 0.133. The van der Waals surface area contributed by atoms with Crippen molar-refractivity contribution < 1.29 is 4.79 Å². The van der Waals surface area contributed by atoms with Crippen molar-refractivity contribution in [2.75, 3.05) is 5.73 Å². The molecule has 2 N–H and O–H groups in total. The van der Waals surface area contributed by atoms with Gasteiger partial charge in [-0.3, -0.25) is 18.7 Å². The Kier molecular flexibility index (Phi) is 4.97. The molecule has 24 heavy (non-hydrogen) atoms. The largest absolute Gasteiger partial charge is 0.384 e. The van der Waals surface area contributed by atoms with Crippen molar-refractivity contribution in [3.8, 4) is 0 Å². The topological polar surface area (TPSA) is 118 Å². The molecule has 2 heterocycles. The maximum Gasteiger partial charge on any atom is 0.332 e. The van der Waals surface area contributed by atoms with Crippen molar-refractivity contribution in [2.45, 2.75) is 37.2 Å². The monoisotopic (exact) mass is 352 g/mol. The fourth-order valence-electron chi connectivity index (χ4n) is 2.18. The van der Waals surface area contributed by atoms with Crippen LogP contribution in [0.2, 0.25) is 0 Å². The summed E-state index contributed by atoms with van der Waals surface area (Å²) in [7, 11) is 2.73. The zero-order chi connectivity index (χ0) is 18.2. The lowest BCUT2D eigenvalue weighted by molar-refractivity contribution is 0.0992. The van der Waals surface area contributed by atoms with E-state index in [1.807, 2.05) is 18.4 Å². The van der Waals surface area contributed by atoms with Crippen LogP contribution in [0.3, 0.4) is 0 Å². The number of hydrogen-bond donors (Lipinski definition) is 1. The van der Waals surface area contributed by atoms with Gasteiger partial charge in [0.05, 0.1) is 5.25 Å². The molecular weight excluding hydrogens is 332 g/mol. The van der Waals surface area contributed by atoms with Crippen molar-refractivity contribution in [3.63, 3.8) is 0 Å². The molecule has 9 nitrogen and oxygen atoms in total. The number of ketones is 1. The van der Waals surface area contributed by atoms with Crippen molar-refractivity contribution in [2.24, 2.45) is 14.1 Å². The molecule has 1 atom stereocenters. The predicted molar refractivity (Wildman–Crippen MR) is 91.4 cm³/mol. The molecule has 0 amide bonds. The molecule has 2 aromatic heterocycles. The van der Waals surface area contributed by atoms with Crippen molar-refractivity contribution >= 4 is 23.4 Å². The lowest BCUT2D eigenvalue weighted by Crippen LogP contribution is -2.42. The first-order valence-corrected chi connectivity index (χ1v) is 8.20. The van der Waals surface area contributed by atoms with Crippen LogP contribution in [0, 0.1) is 0 Å². The van der Waals surface area contributed by atoms with Gasteiger partial charge in [-0.25, -0.2) is 4.79 Å². The van der Waals surface area contributed by atoms with Crippen LogP contribution in [0.1, 0.15) is 37.2 Å². The molecule has 1 unspecified atom stereocenters. The van der Waals surface area contributed by atoms with Crippen LogP contribution in [0.5, 0.6) is 0 Å². The van der Waals surface area contributed by atoms with E-state index in [1.165, 1.54) is 25.9 Å². The number of carbonyl (C=O) groups is 1. The smallest absolute Gasteiger partial charge is 0.332 e. The zero-order valence-electron chi connectivity index (χ0n) is 14.2. The van der Waals surface area contributed by atoms with E-state index in [9.17, 15) is 14.4 Å². The normalized spacial score (nSPS) is 12.6. The second kappa shape index (κ2) is 6.63. The first kappa shape index (κ1) is 18.0. The molecule has 0 aliphatic carbocycles. The molecule has 0 aliphatic heterocycles. The number of hydrogen-bond acceptors (Lipinski definition) is 7. The molecule has 0 aliphatic rings. The molecule has 130 valence electrons. The molecular formula is C14H20N6O3S. The molecule has 2 rings (SSSR count). The Bertz CT molecular complexity index is 895. The second-order valence-electron chi connectivity index (χ2n) is 5.70. The minimum atomic E-state index is -0.696. The van der Waals surface area contributed by atoms with Gasteiger partial charge in [-0.15, -0.1) is 10.2 Å². The molecule has 0 spiro atoms. The standard InChI is InChI=1S/C14H20N6O3S/c1-7(2)20-6-16-17-13(20)24-8(3)10(21)9-11(15)18(4)14(23)19(5)12(9)22/h6-8H,15H2,1-5H3. The van der Waals surface area contributed by atoms with Gasteiger partial charge in [-0.2, -0.15) is 0 Å². The quantitative estimate of drug-likeness (QED) is 0.603. The van der Waals surface area contributed by atoms with Gasteiger partial charge in [0.1, 0.15) is 17.7 Å². The number of anilines is 1. The summed E-state index contributed by atoms with van der Waals surface area (Å²) in [6.07, 6.45) is 1.59. The van der Waals surface area contributed by atoms with Gasteiger partial charge in [0.2, 0.25) is 0 Å². The molecule has 0 saturated heterocycles. The predicted octanol–water partition coefficient (Wildman–Crippen LogP) is 0.202. The summed E-state index contributed by atoms with van der Waals surface area (Å²) in [6.45, 7) is 5.61. The van der Waals surface area contributed by atoms with Crippen molar-refractivity contribution in [1.82, 2.24) is 23.9 Å². The van der Waals surface area contributed by atoms with Gasteiger partial charge in [0.15, 0.2) is 10.9 Å². The fraction of sp³-hybridized carbons (Fsp3) is 0.500. The second-order valence-corrected chi connectivity index (χ2v) is 7.01. The number of thioether (sulfide) groups is 1. The van der Waals surface area contributed by atoms with Crippen LogP contribution in [0.4, 0.5) is 5.82 Å². The molecule has 10 heteroatoms. The van der Waals surface area contributed by atoms with Crippen molar-refractivity contribution in [1.29, 1.82) is 0 Å². The van der Waals surface area contributed by atoms with Crippen LogP contribution in [-0.2, 0) is 14.1 Å². The highest BCUT2D eigenvalue weighted by atomic mass is 32.2. The maximum atomic E-state index is 12.7. The van der Waals surface area contributed by atoms with Crippen LogP contribution in [0.15, 0.2) is 21.1 Å². The molecule has 0 radical (unpaired) electrons. The van der Waals surface area contributed by atoms with E-state index in [4.69, 9.17) is 5.73 Å². The number of aromatic nitrogens is 5. The lowest BCUT2D eigenvalue weighted by atomic mass is 10.1. The number of carbonyl (C=O) groups excluding carboxylic acids is 1. The van der Waals surface area contributed by atoms with E-state index >= 15 is 0 Å². The zero-order valence-corrected chi connectivity index (χ0v) is 15.0. The molecule has 0 fully saturated rings. The van der Waals surface area contributed by atoms with E-state index in [2.05, 4.69) is 10.2 Å². The summed E-state index contributed by atoms with van der Waals surface area (Å²) in [5.41, 5.74) is 4.37. The number of rotatable bonds is 5. The van der Waals surface area contributed by atoms with Crippen molar-refractivity contribution in [3.05, 3.63) is 32.7 Å². The minimum Gasteiger partial charge on any atom is -0.384 e. The molecule has 0 aromatic carbocycles. The third kappa shape index (κ3) is 3.01. The average molecular weight is 352 g/mol. The highest BCUT2D eigenvalue weighted by Crippen LogP contribution is 2.26. The van der Waals surface area contributed by atoms with Crippen LogP contribution in [0.25, 0.3) is 0 Å². The van der Waals surface area contributed by atoms with Gasteiger partial charge in [0, 0.05) is 20.1 Å². The Morgan fingerprint density at radius 2 is 1.83 bits per heavy atom. The van der Waals surface area contributed by atoms with Gasteiger partial charge in [-0.1, -0.05) is 11.8 Å². The van der Waals surface area contributed by atoms with Crippen LogP contribution >= 0.6 is 11.8 Å². The number of nitrogens with two attached hydrogens (primary N) is 1. The van der Waals surface area contributed by atoms with E-state index in [-0.39, 0.29) is 17.4 Å². The summed E-state index contributed by atoms with van der Waals surface area (Å²) >= 11 is 1.19. The van der Waals surface area contributed by atoms with E-state index in [0.717, 1.165) is 9.13 Å². The number of nitrogens with zero attached hydrogens (tertiary/aromatic N) is 5. The molecule has 0 saturated carbocycles. The highest BCUT2D eigenvalue weighted by Gasteiger charge is 2.26. The van der Waals surface area contributed by atoms with Crippen LogP contribution in [-0.4, -0.2) is 34.9 Å². The Hall–Kier alpha value is -2.36. The summed E-state index contributed by atoms with van der Waals surface area (Å²) in [5.74, 6) is -0.585. The van der Waals surface area contributed by atoms with Gasteiger partial charge in [0.25, 0.3) is 5.56 Å². The average Bonchev–Trinajstić information content (AvgIpc) is 2.99. The first-order chi connectivity index (χ1) is 11.2. The number of nitrogen functional groups attached to an aromatic ring is 1. The van der Waals surface area contributed by atoms with E-state index < -0.39 is 22.3 Å². The summed E-state index contributed by atoms with van der Waals surface area (Å²) < 4.78 is 3.79. The maximum absolute atomic E-state index is 12.7. The summed E-state index contributed by atoms with van der Waals surface area (Å²) in [4.78, 5) is 36.9. The Balaban J connectivity index is 2.41. The molecule has 2 aromatic rings. The summed E-state index contributed by atoms with van der Waals surface area (Å²) in [5, 5.41) is 7.81. The lowest BCUT2D eigenvalue weighted by Gasteiger charge is -2.15. The third-order valence-electron chi connectivity index (χ3n) is 3.70. The Morgan fingerprint density at radius 3 is 2.42 bits per heavy atom. The summed E-state index contributed by atoms with van der Waals surface area (Å²) in [6, 6.07) is 0.139. The Morgan fingerprint density at radius 1 is 1.21 bits per heavy atom. The number of Topliss-reactive ketones (excluding diaryl/α,β-unsaturated/α-hetero) is 1. The third-order valence-corrected chi connectivity index (χ3v) is 4.78.